The van der Waals surface area contributed by atoms with Crippen LogP contribution in [0, 0.1) is 0 Å². The van der Waals surface area contributed by atoms with Gasteiger partial charge in [-0.2, -0.15) is 0 Å². The van der Waals surface area contributed by atoms with Crippen LogP contribution in [0.1, 0.15) is 10.4 Å². The molecule has 0 saturated carbocycles. The van der Waals surface area contributed by atoms with Crippen LogP contribution in [0.3, 0.4) is 0 Å². The van der Waals surface area contributed by atoms with Crippen molar-refractivity contribution in [2.45, 2.75) is 4.90 Å². The number of methoxy groups -OCH3 is 2. The van der Waals surface area contributed by atoms with Gasteiger partial charge in [0, 0.05) is 5.69 Å². The molecule has 122 valence electrons. The normalized spacial score (nSPS) is 10.9. The molecule has 2 aromatic carbocycles. The summed E-state index contributed by atoms with van der Waals surface area (Å²) < 4.78 is 32.9. The van der Waals surface area contributed by atoms with E-state index in [-0.39, 0.29) is 10.5 Å². The molecule has 8 heteroatoms. The van der Waals surface area contributed by atoms with Gasteiger partial charge in [-0.05, 0) is 36.4 Å². The molecule has 2 aromatic rings. The quantitative estimate of drug-likeness (QED) is 0.862. The van der Waals surface area contributed by atoms with Crippen molar-refractivity contribution < 1.29 is 22.7 Å². The van der Waals surface area contributed by atoms with Gasteiger partial charge >= 0.3 is 0 Å². The molecule has 7 nitrogen and oxygen atoms in total. The fourth-order valence-corrected chi connectivity index (χ4v) is 2.50. The Kier molecular flexibility index (Phi) is 4.87. The van der Waals surface area contributed by atoms with Crippen LogP contribution < -0.4 is 19.9 Å². The molecular formula is C15H16N2O5S. The highest BCUT2D eigenvalue weighted by Crippen LogP contribution is 2.25. The number of hydrogen-bond acceptors (Lipinski definition) is 5. The van der Waals surface area contributed by atoms with E-state index in [2.05, 4.69) is 5.32 Å². The lowest BCUT2D eigenvalue weighted by atomic mass is 10.1. The van der Waals surface area contributed by atoms with Crippen LogP contribution in [0.4, 0.5) is 5.69 Å². The molecule has 3 N–H and O–H groups in total. The average molecular weight is 336 g/mol. The second kappa shape index (κ2) is 6.67. The standard InChI is InChI=1S/C15H16N2O5S/c1-21-11-6-7-14(22-2)13(9-11)15(18)17-10-4-3-5-12(8-10)23(16,19)20/h3-9H,1-2H3,(H,17,18)(H2,16,19,20). The molecule has 23 heavy (non-hydrogen) atoms. The Morgan fingerprint density at radius 3 is 2.43 bits per heavy atom. The topological polar surface area (TPSA) is 108 Å². The van der Waals surface area contributed by atoms with Crippen molar-refractivity contribution in [2.24, 2.45) is 5.14 Å². The summed E-state index contributed by atoms with van der Waals surface area (Å²) in [4.78, 5) is 12.3. The number of nitrogens with one attached hydrogen (secondary N) is 1. The first kappa shape index (κ1) is 16.8. The molecule has 1 amide bonds. The van der Waals surface area contributed by atoms with E-state index in [9.17, 15) is 13.2 Å². The summed E-state index contributed by atoms with van der Waals surface area (Å²) in [6.07, 6.45) is 0. The average Bonchev–Trinajstić information content (AvgIpc) is 2.53. The largest absolute Gasteiger partial charge is 0.497 e. The summed E-state index contributed by atoms with van der Waals surface area (Å²) in [6.45, 7) is 0. The van der Waals surface area contributed by atoms with E-state index in [0.717, 1.165) is 0 Å². The molecule has 0 aromatic heterocycles. The monoisotopic (exact) mass is 336 g/mol. The van der Waals surface area contributed by atoms with Gasteiger partial charge < -0.3 is 14.8 Å². The van der Waals surface area contributed by atoms with Crippen LogP contribution in [0.5, 0.6) is 11.5 Å². The highest BCUT2D eigenvalue weighted by molar-refractivity contribution is 7.89. The summed E-state index contributed by atoms with van der Waals surface area (Å²) in [7, 11) is -0.915. The van der Waals surface area contributed by atoms with E-state index < -0.39 is 15.9 Å². The fraction of sp³-hybridized carbons (Fsp3) is 0.133. The van der Waals surface area contributed by atoms with Crippen LogP contribution >= 0.6 is 0 Å². The number of amides is 1. The van der Waals surface area contributed by atoms with Crippen LogP contribution in [0.25, 0.3) is 0 Å². The number of carbonyl (C=O) groups is 1. The number of hydrogen-bond donors (Lipinski definition) is 2. The van der Waals surface area contributed by atoms with Crippen molar-refractivity contribution in [3.05, 3.63) is 48.0 Å². The summed E-state index contributed by atoms with van der Waals surface area (Å²) in [5, 5.41) is 7.68. The third kappa shape index (κ3) is 3.99. The first-order chi connectivity index (χ1) is 10.8. The zero-order valence-corrected chi connectivity index (χ0v) is 13.4. The minimum atomic E-state index is -3.85. The zero-order chi connectivity index (χ0) is 17.0. The fourth-order valence-electron chi connectivity index (χ4n) is 1.94. The van der Waals surface area contributed by atoms with Crippen LogP contribution in [-0.2, 0) is 10.0 Å². The van der Waals surface area contributed by atoms with Gasteiger partial charge in [-0.25, -0.2) is 13.6 Å². The molecule has 0 aliphatic heterocycles. The Bertz CT molecular complexity index is 834. The molecular weight excluding hydrogens is 320 g/mol. The predicted molar refractivity (Wildman–Crippen MR) is 85.3 cm³/mol. The van der Waals surface area contributed by atoms with E-state index in [0.29, 0.717) is 17.2 Å². The maximum Gasteiger partial charge on any atom is 0.259 e. The first-order valence-corrected chi connectivity index (χ1v) is 8.06. The summed E-state index contributed by atoms with van der Waals surface area (Å²) >= 11 is 0. The number of rotatable bonds is 5. The van der Waals surface area contributed by atoms with E-state index >= 15 is 0 Å². The molecule has 0 aliphatic rings. The van der Waals surface area contributed by atoms with E-state index in [1.165, 1.54) is 38.5 Å². The minimum absolute atomic E-state index is 0.0899. The van der Waals surface area contributed by atoms with Crippen molar-refractivity contribution in [3.8, 4) is 11.5 Å². The Labute approximate surface area is 134 Å². The van der Waals surface area contributed by atoms with Crippen LogP contribution in [0.15, 0.2) is 47.4 Å². The lowest BCUT2D eigenvalue weighted by Crippen LogP contribution is -2.15. The molecule has 0 radical (unpaired) electrons. The Balaban J connectivity index is 2.33. The number of ether oxygens (including phenoxy) is 2. The van der Waals surface area contributed by atoms with Crippen molar-refractivity contribution in [3.63, 3.8) is 0 Å². The Morgan fingerprint density at radius 2 is 1.83 bits per heavy atom. The summed E-state index contributed by atoms with van der Waals surface area (Å²) in [5.74, 6) is 0.396. The molecule has 0 fully saturated rings. The Hall–Kier alpha value is -2.58. The van der Waals surface area contributed by atoms with Gasteiger partial charge in [-0.15, -0.1) is 0 Å². The zero-order valence-electron chi connectivity index (χ0n) is 12.6. The van der Waals surface area contributed by atoms with E-state index in [4.69, 9.17) is 14.6 Å². The van der Waals surface area contributed by atoms with Gasteiger partial charge in [-0.1, -0.05) is 6.07 Å². The molecule has 2 rings (SSSR count). The predicted octanol–water partition coefficient (Wildman–Crippen LogP) is 1.60. The van der Waals surface area contributed by atoms with Gasteiger partial charge in [0.1, 0.15) is 11.5 Å². The van der Waals surface area contributed by atoms with Crippen molar-refractivity contribution in [1.29, 1.82) is 0 Å². The molecule has 0 atom stereocenters. The molecule has 0 saturated heterocycles. The number of primary sulfonamides is 1. The molecule has 0 heterocycles. The van der Waals surface area contributed by atoms with Crippen LogP contribution in [0.2, 0.25) is 0 Å². The summed E-state index contributed by atoms with van der Waals surface area (Å²) in [6, 6.07) is 10.5. The minimum Gasteiger partial charge on any atom is -0.497 e. The molecule has 0 unspecified atom stereocenters. The second-order valence-electron chi connectivity index (χ2n) is 4.59. The maximum absolute atomic E-state index is 12.4. The molecule has 0 aliphatic carbocycles. The van der Waals surface area contributed by atoms with Gasteiger partial charge in [0.05, 0.1) is 24.7 Å². The highest BCUT2D eigenvalue weighted by Gasteiger charge is 2.15. The maximum atomic E-state index is 12.4. The highest BCUT2D eigenvalue weighted by atomic mass is 32.2. The summed E-state index contributed by atoms with van der Waals surface area (Å²) in [5.41, 5.74) is 0.555. The lowest BCUT2D eigenvalue weighted by molar-refractivity contribution is 0.102. The van der Waals surface area contributed by atoms with Crippen LogP contribution in [-0.4, -0.2) is 28.5 Å². The lowest BCUT2D eigenvalue weighted by Gasteiger charge is -2.11. The van der Waals surface area contributed by atoms with Gasteiger partial charge in [-0.3, -0.25) is 4.79 Å². The van der Waals surface area contributed by atoms with Crippen molar-refractivity contribution in [1.82, 2.24) is 0 Å². The first-order valence-electron chi connectivity index (χ1n) is 6.51. The van der Waals surface area contributed by atoms with E-state index in [1.807, 2.05) is 0 Å². The van der Waals surface area contributed by atoms with Gasteiger partial charge in [0.25, 0.3) is 5.91 Å². The number of nitrogens with two attached hydrogens (primary N) is 1. The molecule has 0 spiro atoms. The SMILES string of the molecule is COc1ccc(OC)c(C(=O)Nc2cccc(S(N)(=O)=O)c2)c1. The number of sulfonamides is 1. The second-order valence-corrected chi connectivity index (χ2v) is 6.15. The smallest absolute Gasteiger partial charge is 0.259 e. The van der Waals surface area contributed by atoms with Crippen molar-refractivity contribution in [2.75, 3.05) is 19.5 Å². The molecule has 0 bridgehead atoms. The van der Waals surface area contributed by atoms with Gasteiger partial charge in [0.15, 0.2) is 0 Å². The number of carbonyl (C=O) groups excluding carboxylic acids is 1. The van der Waals surface area contributed by atoms with Gasteiger partial charge in [0.2, 0.25) is 10.0 Å². The van der Waals surface area contributed by atoms with Crippen molar-refractivity contribution >= 4 is 21.6 Å². The number of benzene rings is 2. The Morgan fingerprint density at radius 1 is 1.09 bits per heavy atom. The third-order valence-corrected chi connectivity index (χ3v) is 3.98. The number of anilines is 1. The van der Waals surface area contributed by atoms with E-state index in [1.54, 1.807) is 18.2 Å². The third-order valence-electron chi connectivity index (χ3n) is 3.07.